The first-order chi connectivity index (χ1) is 7.09. The van der Waals surface area contributed by atoms with Gasteiger partial charge in [-0.3, -0.25) is 0 Å². The zero-order chi connectivity index (χ0) is 11.0. The zero-order valence-corrected chi connectivity index (χ0v) is 9.29. The summed E-state index contributed by atoms with van der Waals surface area (Å²) < 4.78 is 14.2. The fourth-order valence-electron chi connectivity index (χ4n) is 1.72. The van der Waals surface area contributed by atoms with Gasteiger partial charge in [0.05, 0.1) is 0 Å². The third-order valence-electron chi connectivity index (χ3n) is 2.41. The lowest BCUT2D eigenvalue weighted by atomic mass is 10.0. The monoisotopic (exact) mass is 270 g/mol. The number of allylic oxidation sites excluding steroid dienone is 1. The maximum Gasteiger partial charge on any atom is 0.343 e. The van der Waals surface area contributed by atoms with E-state index in [1.54, 1.807) is 18.2 Å². The van der Waals surface area contributed by atoms with Crippen LogP contribution in [0.1, 0.15) is 11.1 Å². The molecule has 1 atom stereocenters. The van der Waals surface area contributed by atoms with E-state index in [1.165, 1.54) is 0 Å². The second kappa shape index (κ2) is 3.77. The lowest BCUT2D eigenvalue weighted by molar-refractivity contribution is -0.140. The summed E-state index contributed by atoms with van der Waals surface area (Å²) in [4.78, 5) is 10.5. The van der Waals surface area contributed by atoms with Crippen LogP contribution in [0.25, 0.3) is 5.57 Å². The molecule has 1 N–H and O–H groups in total. The molecule has 1 unspecified atom stereocenters. The minimum Gasteiger partial charge on any atom is -0.479 e. The van der Waals surface area contributed by atoms with Crippen molar-refractivity contribution in [2.45, 2.75) is 12.6 Å². The molecule has 2 rings (SSSR count). The summed E-state index contributed by atoms with van der Waals surface area (Å²) in [6, 6.07) is 5.41. The average Bonchev–Trinajstić information content (AvgIpc) is 2.59. The molecule has 1 aromatic rings. The highest BCUT2D eigenvalue weighted by Crippen LogP contribution is 2.33. The Bertz CT molecular complexity index is 454. The third kappa shape index (κ3) is 1.81. The summed E-state index contributed by atoms with van der Waals surface area (Å²) in [5, 5.41) is 8.60. The van der Waals surface area contributed by atoms with Gasteiger partial charge in [-0.25, -0.2) is 9.18 Å². The van der Waals surface area contributed by atoms with Gasteiger partial charge in [-0.1, -0.05) is 28.1 Å². The van der Waals surface area contributed by atoms with Gasteiger partial charge in [0, 0.05) is 10.0 Å². The molecule has 1 aliphatic rings. The Morgan fingerprint density at radius 2 is 2.27 bits per heavy atom. The van der Waals surface area contributed by atoms with Crippen molar-refractivity contribution < 1.29 is 14.3 Å². The second-order valence-corrected chi connectivity index (χ2v) is 4.28. The quantitative estimate of drug-likeness (QED) is 0.898. The van der Waals surface area contributed by atoms with Gasteiger partial charge in [0.15, 0.2) is 0 Å². The molecule has 0 spiro atoms. The average molecular weight is 271 g/mol. The molecule has 0 aromatic heterocycles. The van der Waals surface area contributed by atoms with Crippen molar-refractivity contribution >= 4 is 27.5 Å². The Kier molecular flexibility index (Phi) is 2.61. The van der Waals surface area contributed by atoms with E-state index >= 15 is 0 Å². The van der Waals surface area contributed by atoms with Gasteiger partial charge >= 0.3 is 5.97 Å². The molecule has 0 aliphatic heterocycles. The van der Waals surface area contributed by atoms with Gasteiger partial charge < -0.3 is 5.11 Å². The SMILES string of the molecule is O=C(O)C(F)C1=CCc2cc(Br)ccc21. The van der Waals surface area contributed by atoms with Crippen LogP contribution in [0.15, 0.2) is 28.7 Å². The van der Waals surface area contributed by atoms with Crippen molar-refractivity contribution in [3.05, 3.63) is 39.9 Å². The van der Waals surface area contributed by atoms with E-state index in [1.807, 2.05) is 6.07 Å². The molecule has 0 heterocycles. The molecule has 1 aromatic carbocycles. The number of carbonyl (C=O) groups is 1. The number of halogens is 2. The van der Waals surface area contributed by atoms with Crippen LogP contribution in [0.3, 0.4) is 0 Å². The fourth-order valence-corrected chi connectivity index (χ4v) is 2.12. The number of carboxylic acid groups (broad SMARTS) is 1. The van der Waals surface area contributed by atoms with E-state index in [-0.39, 0.29) is 5.57 Å². The number of aliphatic carboxylic acids is 1. The largest absolute Gasteiger partial charge is 0.479 e. The molecule has 15 heavy (non-hydrogen) atoms. The lowest BCUT2D eigenvalue weighted by Crippen LogP contribution is -2.15. The molecule has 4 heteroatoms. The van der Waals surface area contributed by atoms with E-state index in [4.69, 9.17) is 5.11 Å². The van der Waals surface area contributed by atoms with Crippen LogP contribution in [-0.4, -0.2) is 17.2 Å². The van der Waals surface area contributed by atoms with Gasteiger partial charge in [0.2, 0.25) is 6.17 Å². The van der Waals surface area contributed by atoms with Gasteiger partial charge in [-0.15, -0.1) is 0 Å². The first kappa shape index (κ1) is 10.4. The molecule has 0 fully saturated rings. The van der Waals surface area contributed by atoms with Gasteiger partial charge in [-0.05, 0) is 29.7 Å². The van der Waals surface area contributed by atoms with Crippen molar-refractivity contribution in [1.82, 2.24) is 0 Å². The van der Waals surface area contributed by atoms with Crippen LogP contribution in [0.2, 0.25) is 0 Å². The van der Waals surface area contributed by atoms with Crippen LogP contribution in [-0.2, 0) is 11.2 Å². The summed E-state index contributed by atoms with van der Waals surface area (Å²) in [6.07, 6.45) is 0.306. The highest BCUT2D eigenvalue weighted by molar-refractivity contribution is 9.10. The van der Waals surface area contributed by atoms with Crippen molar-refractivity contribution in [3.8, 4) is 0 Å². The summed E-state index contributed by atoms with van der Waals surface area (Å²) in [7, 11) is 0. The number of fused-ring (bicyclic) bond motifs is 1. The Morgan fingerprint density at radius 1 is 1.53 bits per heavy atom. The van der Waals surface area contributed by atoms with E-state index in [2.05, 4.69) is 15.9 Å². The zero-order valence-electron chi connectivity index (χ0n) is 7.71. The number of benzene rings is 1. The van der Waals surface area contributed by atoms with Gasteiger partial charge in [-0.2, -0.15) is 0 Å². The fraction of sp³-hybridized carbons (Fsp3) is 0.182. The Balaban J connectivity index is 2.39. The molecular formula is C11H8BrFO2. The smallest absolute Gasteiger partial charge is 0.343 e. The number of carboxylic acids is 1. The highest BCUT2D eigenvalue weighted by atomic mass is 79.9. The van der Waals surface area contributed by atoms with Crippen LogP contribution in [0, 0.1) is 0 Å². The second-order valence-electron chi connectivity index (χ2n) is 3.37. The molecule has 0 saturated carbocycles. The third-order valence-corrected chi connectivity index (χ3v) is 2.90. The van der Waals surface area contributed by atoms with Crippen LogP contribution in [0.5, 0.6) is 0 Å². The number of hydrogen-bond acceptors (Lipinski definition) is 1. The van der Waals surface area contributed by atoms with E-state index in [0.29, 0.717) is 12.0 Å². The minimum atomic E-state index is -1.92. The summed E-state index contributed by atoms with van der Waals surface area (Å²) in [5.74, 6) is -1.43. The molecule has 0 radical (unpaired) electrons. The summed E-state index contributed by atoms with van der Waals surface area (Å²) in [6.45, 7) is 0. The molecular weight excluding hydrogens is 263 g/mol. The molecule has 0 saturated heterocycles. The van der Waals surface area contributed by atoms with Crippen molar-refractivity contribution in [3.63, 3.8) is 0 Å². The van der Waals surface area contributed by atoms with Gasteiger partial charge in [0.1, 0.15) is 0 Å². The summed E-state index contributed by atoms with van der Waals surface area (Å²) >= 11 is 3.32. The van der Waals surface area contributed by atoms with Crippen LogP contribution >= 0.6 is 15.9 Å². The Labute approximate surface area is 94.5 Å². The van der Waals surface area contributed by atoms with Crippen LogP contribution < -0.4 is 0 Å². The number of rotatable bonds is 2. The number of alkyl halides is 1. The topological polar surface area (TPSA) is 37.3 Å². The van der Waals surface area contributed by atoms with Crippen LogP contribution in [0.4, 0.5) is 4.39 Å². The van der Waals surface area contributed by atoms with E-state index in [9.17, 15) is 9.18 Å². The Hall–Kier alpha value is -1.16. The minimum absolute atomic E-state index is 0.269. The maximum absolute atomic E-state index is 13.3. The first-order valence-corrected chi connectivity index (χ1v) is 5.24. The molecule has 1 aliphatic carbocycles. The van der Waals surface area contributed by atoms with Gasteiger partial charge in [0.25, 0.3) is 0 Å². The molecule has 78 valence electrons. The van der Waals surface area contributed by atoms with E-state index < -0.39 is 12.1 Å². The molecule has 2 nitrogen and oxygen atoms in total. The lowest BCUT2D eigenvalue weighted by Gasteiger charge is -2.07. The normalized spacial score (nSPS) is 15.7. The maximum atomic E-state index is 13.3. The first-order valence-electron chi connectivity index (χ1n) is 4.45. The van der Waals surface area contributed by atoms with Crippen molar-refractivity contribution in [2.24, 2.45) is 0 Å². The highest BCUT2D eigenvalue weighted by Gasteiger charge is 2.27. The molecule has 0 bridgehead atoms. The van der Waals surface area contributed by atoms with Crippen molar-refractivity contribution in [1.29, 1.82) is 0 Å². The Morgan fingerprint density at radius 3 is 2.93 bits per heavy atom. The predicted molar refractivity (Wildman–Crippen MR) is 58.4 cm³/mol. The summed E-state index contributed by atoms with van der Waals surface area (Å²) in [5.41, 5.74) is 1.93. The van der Waals surface area contributed by atoms with Crippen molar-refractivity contribution in [2.75, 3.05) is 0 Å². The molecule has 0 amide bonds. The predicted octanol–water partition coefficient (Wildman–Crippen LogP) is 2.81. The standard InChI is InChI=1S/C11H8BrFO2/c12-7-2-4-8-6(5-7)1-3-9(8)10(13)11(14)15/h2-5,10H,1H2,(H,14,15). The number of hydrogen-bond donors (Lipinski definition) is 1. The van der Waals surface area contributed by atoms with E-state index in [0.717, 1.165) is 10.0 Å².